The molecule has 0 fully saturated rings. The molecule has 2 amide bonds. The quantitative estimate of drug-likeness (QED) is 0.534. The molecule has 0 radical (unpaired) electrons. The maximum absolute atomic E-state index is 10.8. The van der Waals surface area contributed by atoms with E-state index in [0.717, 1.165) is 0 Å². The molecule has 1 rings (SSSR count). The van der Waals surface area contributed by atoms with E-state index in [1.54, 1.807) is 7.05 Å². The summed E-state index contributed by atoms with van der Waals surface area (Å²) in [5.74, 6) is -0.156. The number of amides is 2. The van der Waals surface area contributed by atoms with Gasteiger partial charge in [0.15, 0.2) is 0 Å². The number of hydrogen-bond acceptors (Lipinski definition) is 3. The largest absolute Gasteiger partial charge is 0.319 e. The molecule has 0 saturated carbocycles. The topological polar surface area (TPSA) is 70.6 Å². The summed E-state index contributed by atoms with van der Waals surface area (Å²) >= 11 is 0. The van der Waals surface area contributed by atoms with Crippen molar-refractivity contribution in [1.82, 2.24) is 10.6 Å². The Labute approximate surface area is 70.2 Å². The molecule has 0 aromatic rings. The lowest BCUT2D eigenvalue weighted by Gasteiger charge is -2.11. The van der Waals surface area contributed by atoms with Crippen molar-refractivity contribution in [3.8, 4) is 0 Å². The van der Waals surface area contributed by atoms with Gasteiger partial charge in [0.2, 0.25) is 5.91 Å². The molecule has 66 valence electrons. The molecule has 5 heteroatoms. The highest BCUT2D eigenvalue weighted by atomic mass is 16.2. The first kappa shape index (κ1) is 8.86. The highest BCUT2D eigenvalue weighted by Crippen LogP contribution is 1.96. The highest BCUT2D eigenvalue weighted by Gasteiger charge is 2.17. The van der Waals surface area contributed by atoms with E-state index in [1.807, 2.05) is 0 Å². The number of aliphatic imine (C=N–C) groups is 1. The van der Waals surface area contributed by atoms with Crippen LogP contribution in [0.25, 0.3) is 0 Å². The van der Waals surface area contributed by atoms with Gasteiger partial charge >= 0.3 is 0 Å². The number of rotatable bonds is 3. The Morgan fingerprint density at radius 2 is 2.33 bits per heavy atom. The fourth-order valence-electron chi connectivity index (χ4n) is 0.922. The van der Waals surface area contributed by atoms with Crippen LogP contribution in [-0.4, -0.2) is 31.2 Å². The second kappa shape index (κ2) is 3.96. The van der Waals surface area contributed by atoms with Crippen molar-refractivity contribution in [2.45, 2.75) is 12.8 Å². The van der Waals surface area contributed by atoms with Crippen LogP contribution in [0.1, 0.15) is 12.8 Å². The molecule has 0 aromatic heterocycles. The molecule has 1 aliphatic rings. The first-order valence-corrected chi connectivity index (χ1v) is 3.77. The Balaban J connectivity index is 2.52. The zero-order chi connectivity index (χ0) is 8.97. The summed E-state index contributed by atoms with van der Waals surface area (Å²) in [4.78, 5) is 25.3. The van der Waals surface area contributed by atoms with E-state index in [0.29, 0.717) is 18.8 Å². The van der Waals surface area contributed by atoms with Gasteiger partial charge in [-0.1, -0.05) is 0 Å². The number of nitrogens with zero attached hydrogens (tertiary/aromatic N) is 1. The lowest BCUT2D eigenvalue weighted by molar-refractivity contribution is -0.127. The van der Waals surface area contributed by atoms with Crippen LogP contribution in [0, 0.1) is 0 Å². The minimum Gasteiger partial charge on any atom is -0.319 e. The van der Waals surface area contributed by atoms with Gasteiger partial charge in [-0.15, -0.1) is 0 Å². The number of carbonyl (C=O) groups excluding carboxylic acids is 2. The first-order valence-electron chi connectivity index (χ1n) is 3.77. The van der Waals surface area contributed by atoms with E-state index >= 15 is 0 Å². The van der Waals surface area contributed by atoms with Crippen molar-refractivity contribution in [2.24, 2.45) is 4.99 Å². The molecule has 2 N–H and O–H groups in total. The average molecular weight is 169 g/mol. The summed E-state index contributed by atoms with van der Waals surface area (Å²) in [6.45, 7) is 0.701. The summed E-state index contributed by atoms with van der Waals surface area (Å²) < 4.78 is 0. The number of amidine groups is 1. The molecule has 0 spiro atoms. The predicted molar refractivity (Wildman–Crippen MR) is 43.7 cm³/mol. The molecule has 0 atom stereocenters. The molecule has 0 unspecified atom stereocenters. The third-order valence-corrected chi connectivity index (χ3v) is 1.47. The van der Waals surface area contributed by atoms with Gasteiger partial charge in [-0.05, 0) is 7.05 Å². The van der Waals surface area contributed by atoms with Gasteiger partial charge in [-0.3, -0.25) is 9.59 Å². The average Bonchev–Trinajstić information content (AvgIpc) is 1.99. The van der Waals surface area contributed by atoms with Gasteiger partial charge in [0.05, 0.1) is 0 Å². The SMILES string of the molecule is CNCCC1=NC(=O)CC(=O)N1. The molecule has 12 heavy (non-hydrogen) atoms. The summed E-state index contributed by atoms with van der Waals surface area (Å²) in [5, 5.41) is 5.43. The maximum Gasteiger partial charge on any atom is 0.256 e. The van der Waals surface area contributed by atoms with Crippen molar-refractivity contribution in [3.05, 3.63) is 0 Å². The fraction of sp³-hybridized carbons (Fsp3) is 0.571. The molecular weight excluding hydrogens is 158 g/mol. The van der Waals surface area contributed by atoms with Crippen LogP contribution < -0.4 is 10.6 Å². The van der Waals surface area contributed by atoms with Crippen LogP contribution in [0.5, 0.6) is 0 Å². The summed E-state index contributed by atoms with van der Waals surface area (Å²) in [7, 11) is 1.80. The minimum atomic E-state index is -0.357. The summed E-state index contributed by atoms with van der Waals surface area (Å²) in [6.07, 6.45) is 0.455. The molecule has 0 bridgehead atoms. The highest BCUT2D eigenvalue weighted by molar-refractivity contribution is 6.13. The Morgan fingerprint density at radius 3 is 2.92 bits per heavy atom. The lowest BCUT2D eigenvalue weighted by atomic mass is 10.3. The fourth-order valence-corrected chi connectivity index (χ4v) is 0.922. The Hall–Kier alpha value is -1.23. The van der Waals surface area contributed by atoms with E-state index < -0.39 is 0 Å². The van der Waals surface area contributed by atoms with Crippen LogP contribution in [0.2, 0.25) is 0 Å². The predicted octanol–water partition coefficient (Wildman–Crippen LogP) is -0.959. The Morgan fingerprint density at radius 1 is 1.58 bits per heavy atom. The third kappa shape index (κ3) is 2.43. The zero-order valence-electron chi connectivity index (χ0n) is 6.89. The molecule has 0 aliphatic carbocycles. The molecular formula is C7H11N3O2. The lowest BCUT2D eigenvalue weighted by Crippen LogP contribution is -2.38. The third-order valence-electron chi connectivity index (χ3n) is 1.47. The Bertz CT molecular complexity index is 235. The summed E-state index contributed by atoms with van der Waals surface area (Å²) in [6, 6.07) is 0. The van der Waals surface area contributed by atoms with Gasteiger partial charge < -0.3 is 10.6 Å². The van der Waals surface area contributed by atoms with Crippen molar-refractivity contribution in [2.75, 3.05) is 13.6 Å². The van der Waals surface area contributed by atoms with Gasteiger partial charge in [0.25, 0.3) is 5.91 Å². The van der Waals surface area contributed by atoms with Gasteiger partial charge in [-0.2, -0.15) is 4.99 Å². The van der Waals surface area contributed by atoms with Gasteiger partial charge in [-0.25, -0.2) is 0 Å². The number of hydrogen-bond donors (Lipinski definition) is 2. The second-order valence-corrected chi connectivity index (χ2v) is 2.53. The second-order valence-electron chi connectivity index (χ2n) is 2.53. The number of carbonyl (C=O) groups is 2. The van der Waals surface area contributed by atoms with E-state index in [9.17, 15) is 9.59 Å². The minimum absolute atomic E-state index is 0.122. The Kier molecular flexibility index (Phi) is 2.93. The maximum atomic E-state index is 10.8. The van der Waals surface area contributed by atoms with E-state index in [1.165, 1.54) is 0 Å². The monoisotopic (exact) mass is 169 g/mol. The molecule has 1 aliphatic heterocycles. The van der Waals surface area contributed by atoms with E-state index in [4.69, 9.17) is 0 Å². The van der Waals surface area contributed by atoms with Crippen LogP contribution in [0.15, 0.2) is 4.99 Å². The molecule has 5 nitrogen and oxygen atoms in total. The molecule has 0 aromatic carbocycles. The van der Waals surface area contributed by atoms with Crippen LogP contribution in [0.3, 0.4) is 0 Å². The van der Waals surface area contributed by atoms with Crippen LogP contribution in [-0.2, 0) is 9.59 Å². The molecule has 0 saturated heterocycles. The normalized spacial score (nSPS) is 17.2. The van der Waals surface area contributed by atoms with Gasteiger partial charge in [0, 0.05) is 13.0 Å². The van der Waals surface area contributed by atoms with Crippen molar-refractivity contribution < 1.29 is 9.59 Å². The zero-order valence-corrected chi connectivity index (χ0v) is 6.89. The van der Waals surface area contributed by atoms with Crippen molar-refractivity contribution in [3.63, 3.8) is 0 Å². The van der Waals surface area contributed by atoms with Crippen LogP contribution in [0.4, 0.5) is 0 Å². The van der Waals surface area contributed by atoms with E-state index in [2.05, 4.69) is 15.6 Å². The molecule has 1 heterocycles. The smallest absolute Gasteiger partial charge is 0.256 e. The summed E-state index contributed by atoms with van der Waals surface area (Å²) in [5.41, 5.74) is 0. The van der Waals surface area contributed by atoms with Crippen LogP contribution >= 0.6 is 0 Å². The first-order chi connectivity index (χ1) is 5.72. The van der Waals surface area contributed by atoms with Crippen molar-refractivity contribution in [1.29, 1.82) is 0 Å². The standard InChI is InChI=1S/C7H11N3O2/c1-8-3-2-5-9-6(11)4-7(12)10-5/h8H,2-4H2,1H3,(H,9,10,11,12). The number of nitrogens with one attached hydrogen (secondary N) is 2. The van der Waals surface area contributed by atoms with E-state index in [-0.39, 0.29) is 18.2 Å². The van der Waals surface area contributed by atoms with Gasteiger partial charge in [0.1, 0.15) is 12.3 Å². The van der Waals surface area contributed by atoms with Crippen molar-refractivity contribution >= 4 is 17.6 Å².